The van der Waals surface area contributed by atoms with Gasteiger partial charge in [-0.2, -0.15) is 0 Å². The zero-order valence-electron chi connectivity index (χ0n) is 15.7. The van der Waals surface area contributed by atoms with Crippen LogP contribution >= 0.6 is 0 Å². The van der Waals surface area contributed by atoms with Gasteiger partial charge in [0.25, 0.3) is 5.91 Å². The van der Waals surface area contributed by atoms with Gasteiger partial charge >= 0.3 is 0 Å². The number of benzene rings is 3. The Balaban J connectivity index is 1.66. The SMILES string of the molecule is CC(=O)N1C(=O)[C@]2(O[C@@H]3c4ccccc4O[C@@]32c2ccccc2)c2ccccc21. The van der Waals surface area contributed by atoms with Crippen LogP contribution in [0.5, 0.6) is 5.75 Å². The Morgan fingerprint density at radius 2 is 1.62 bits per heavy atom. The average molecular weight is 383 g/mol. The smallest absolute Gasteiger partial charge is 0.275 e. The molecule has 142 valence electrons. The number of nitrogens with zero attached hydrogens (tertiary/aromatic N) is 1. The van der Waals surface area contributed by atoms with E-state index in [9.17, 15) is 9.59 Å². The molecule has 3 aromatic rings. The second kappa shape index (κ2) is 5.33. The minimum absolute atomic E-state index is 0.343. The molecule has 29 heavy (non-hydrogen) atoms. The fourth-order valence-electron chi connectivity index (χ4n) is 5.08. The second-order valence-corrected chi connectivity index (χ2v) is 7.60. The van der Waals surface area contributed by atoms with E-state index in [-0.39, 0.29) is 5.91 Å². The van der Waals surface area contributed by atoms with Crippen LogP contribution in [-0.2, 0) is 25.5 Å². The first-order valence-corrected chi connectivity index (χ1v) is 9.57. The number of anilines is 1. The average Bonchev–Trinajstić information content (AvgIpc) is 3.16. The van der Waals surface area contributed by atoms with Crippen molar-refractivity contribution in [3.05, 3.63) is 95.6 Å². The number of hydrogen-bond acceptors (Lipinski definition) is 4. The molecular weight excluding hydrogens is 366 g/mol. The summed E-state index contributed by atoms with van der Waals surface area (Å²) in [5, 5.41) is 0. The second-order valence-electron chi connectivity index (χ2n) is 7.60. The van der Waals surface area contributed by atoms with Gasteiger partial charge in [0, 0.05) is 23.6 Å². The zero-order chi connectivity index (χ0) is 19.8. The van der Waals surface area contributed by atoms with Crippen LogP contribution in [0.15, 0.2) is 78.9 Å². The summed E-state index contributed by atoms with van der Waals surface area (Å²) in [6, 6.07) is 24.7. The lowest BCUT2D eigenvalue weighted by Gasteiger charge is -2.56. The van der Waals surface area contributed by atoms with Crippen molar-refractivity contribution in [3.8, 4) is 5.75 Å². The first-order valence-electron chi connectivity index (χ1n) is 9.57. The molecule has 2 amide bonds. The lowest BCUT2D eigenvalue weighted by molar-refractivity contribution is -0.327. The van der Waals surface area contributed by atoms with Crippen molar-refractivity contribution < 1.29 is 19.1 Å². The van der Waals surface area contributed by atoms with E-state index >= 15 is 0 Å². The molecule has 0 aromatic heterocycles. The molecule has 1 fully saturated rings. The first-order chi connectivity index (χ1) is 14.1. The molecule has 0 bridgehead atoms. The Hall–Kier alpha value is -3.44. The van der Waals surface area contributed by atoms with Crippen LogP contribution in [0.1, 0.15) is 29.7 Å². The summed E-state index contributed by atoms with van der Waals surface area (Å²) in [5.74, 6) is -0.0472. The number of hydrogen-bond donors (Lipinski definition) is 0. The molecule has 0 radical (unpaired) electrons. The van der Waals surface area contributed by atoms with Crippen molar-refractivity contribution in [2.45, 2.75) is 24.2 Å². The minimum Gasteiger partial charge on any atom is -0.475 e. The molecule has 5 heteroatoms. The van der Waals surface area contributed by atoms with Crippen LogP contribution in [-0.4, -0.2) is 11.8 Å². The van der Waals surface area contributed by atoms with Crippen LogP contribution in [0.25, 0.3) is 0 Å². The van der Waals surface area contributed by atoms with Crippen LogP contribution in [0.4, 0.5) is 5.69 Å². The predicted octanol–water partition coefficient (Wildman–Crippen LogP) is 3.83. The third kappa shape index (κ3) is 1.71. The summed E-state index contributed by atoms with van der Waals surface area (Å²) in [6.45, 7) is 1.39. The maximum absolute atomic E-state index is 13.8. The van der Waals surface area contributed by atoms with E-state index in [1.807, 2.05) is 72.8 Å². The van der Waals surface area contributed by atoms with Gasteiger partial charge in [0.15, 0.2) is 0 Å². The van der Waals surface area contributed by atoms with E-state index < -0.39 is 23.2 Å². The van der Waals surface area contributed by atoms with Gasteiger partial charge in [0.1, 0.15) is 11.9 Å². The molecule has 1 saturated heterocycles. The highest BCUT2D eigenvalue weighted by atomic mass is 16.6. The van der Waals surface area contributed by atoms with Crippen molar-refractivity contribution in [1.29, 1.82) is 0 Å². The number of amides is 2. The molecule has 0 N–H and O–H groups in total. The van der Waals surface area contributed by atoms with Crippen molar-refractivity contribution in [1.82, 2.24) is 0 Å². The Bertz CT molecular complexity index is 1190. The van der Waals surface area contributed by atoms with Gasteiger partial charge in [0.2, 0.25) is 17.1 Å². The quantitative estimate of drug-likeness (QED) is 0.641. The number of para-hydroxylation sites is 2. The largest absolute Gasteiger partial charge is 0.475 e. The predicted molar refractivity (Wildman–Crippen MR) is 105 cm³/mol. The van der Waals surface area contributed by atoms with Gasteiger partial charge in [0.05, 0.1) is 5.69 Å². The van der Waals surface area contributed by atoms with E-state index in [1.165, 1.54) is 11.8 Å². The van der Waals surface area contributed by atoms with E-state index in [1.54, 1.807) is 6.07 Å². The van der Waals surface area contributed by atoms with E-state index in [0.29, 0.717) is 17.0 Å². The fourth-order valence-corrected chi connectivity index (χ4v) is 5.08. The fraction of sp³-hybridized carbons (Fsp3) is 0.167. The lowest BCUT2D eigenvalue weighted by atomic mass is 9.65. The number of imide groups is 1. The number of ether oxygens (including phenoxy) is 2. The first kappa shape index (κ1) is 16.5. The minimum atomic E-state index is -1.42. The third-order valence-electron chi connectivity index (χ3n) is 6.21. The molecule has 0 aliphatic carbocycles. The highest BCUT2D eigenvalue weighted by Crippen LogP contribution is 2.72. The molecule has 0 saturated carbocycles. The molecule has 0 unspecified atom stereocenters. The Kier molecular flexibility index (Phi) is 3.04. The summed E-state index contributed by atoms with van der Waals surface area (Å²) >= 11 is 0. The molecule has 3 aliphatic heterocycles. The van der Waals surface area contributed by atoms with Crippen molar-refractivity contribution in [2.75, 3.05) is 4.90 Å². The van der Waals surface area contributed by atoms with E-state index in [2.05, 4.69) is 0 Å². The maximum Gasteiger partial charge on any atom is 0.275 e. The van der Waals surface area contributed by atoms with Crippen molar-refractivity contribution in [2.24, 2.45) is 0 Å². The van der Waals surface area contributed by atoms with Gasteiger partial charge in [-0.15, -0.1) is 0 Å². The Labute approximate surface area is 167 Å². The van der Waals surface area contributed by atoms with Gasteiger partial charge < -0.3 is 9.47 Å². The maximum atomic E-state index is 13.8. The number of carbonyl (C=O) groups is 2. The van der Waals surface area contributed by atoms with Gasteiger partial charge in [-0.3, -0.25) is 9.59 Å². The normalized spacial score (nSPS) is 28.4. The summed E-state index contributed by atoms with van der Waals surface area (Å²) in [6.07, 6.45) is -0.440. The Morgan fingerprint density at radius 1 is 0.931 bits per heavy atom. The molecule has 5 nitrogen and oxygen atoms in total. The summed E-state index contributed by atoms with van der Waals surface area (Å²) in [4.78, 5) is 27.4. The molecule has 3 heterocycles. The van der Waals surface area contributed by atoms with Crippen LogP contribution in [0.2, 0.25) is 0 Å². The van der Waals surface area contributed by atoms with Crippen LogP contribution in [0, 0.1) is 0 Å². The van der Waals surface area contributed by atoms with Crippen LogP contribution < -0.4 is 9.64 Å². The topological polar surface area (TPSA) is 55.8 Å². The van der Waals surface area contributed by atoms with Gasteiger partial charge in [-0.05, 0) is 12.1 Å². The molecule has 3 aliphatic rings. The molecule has 3 aromatic carbocycles. The summed E-state index contributed by atoms with van der Waals surface area (Å²) in [5.41, 5.74) is 0.483. The summed E-state index contributed by atoms with van der Waals surface area (Å²) in [7, 11) is 0. The van der Waals surface area contributed by atoms with E-state index in [4.69, 9.17) is 9.47 Å². The summed E-state index contributed by atoms with van der Waals surface area (Å²) < 4.78 is 13.0. The monoisotopic (exact) mass is 383 g/mol. The van der Waals surface area contributed by atoms with Gasteiger partial charge in [-0.25, -0.2) is 4.90 Å². The highest BCUT2D eigenvalue weighted by Gasteiger charge is 2.81. The Morgan fingerprint density at radius 3 is 2.41 bits per heavy atom. The standard InChI is InChI=1S/C24H17NO4/c1-15(26)25-19-13-7-6-12-18(19)24(22(25)27)23(16-9-3-2-4-10-16)21(29-24)17-11-5-8-14-20(17)28-23/h2-14,21H,1H3/t21-,23+,24-/m1/s1. The molecule has 6 rings (SSSR count). The van der Waals surface area contributed by atoms with Crippen molar-refractivity contribution in [3.63, 3.8) is 0 Å². The van der Waals surface area contributed by atoms with Crippen molar-refractivity contribution >= 4 is 17.5 Å². The lowest BCUT2D eigenvalue weighted by Crippen LogP contribution is -2.70. The van der Waals surface area contributed by atoms with E-state index in [0.717, 1.165) is 11.1 Å². The third-order valence-corrected chi connectivity index (χ3v) is 6.21. The molecule has 3 atom stereocenters. The number of fused-ring (bicyclic) bond motifs is 6. The number of carbonyl (C=O) groups excluding carboxylic acids is 2. The molecule has 1 spiro atoms. The van der Waals surface area contributed by atoms with Crippen LogP contribution in [0.3, 0.4) is 0 Å². The highest BCUT2D eigenvalue weighted by molar-refractivity contribution is 6.22. The molecular formula is C24H17NO4. The van der Waals surface area contributed by atoms with Gasteiger partial charge in [-0.1, -0.05) is 66.7 Å². The zero-order valence-corrected chi connectivity index (χ0v) is 15.7. The number of rotatable bonds is 1.